The van der Waals surface area contributed by atoms with Crippen molar-refractivity contribution < 1.29 is 4.79 Å². The summed E-state index contributed by atoms with van der Waals surface area (Å²) in [6.45, 7) is 0.428. The summed E-state index contributed by atoms with van der Waals surface area (Å²) in [6.07, 6.45) is 9.01. The van der Waals surface area contributed by atoms with Crippen LogP contribution in [-0.2, 0) is 6.54 Å². The zero-order valence-electron chi connectivity index (χ0n) is 13.5. The molecule has 2 heterocycles. The fraction of sp³-hybridized carbons (Fsp3) is 0.529. The first-order valence-electron chi connectivity index (χ1n) is 8.61. The van der Waals surface area contributed by atoms with Crippen LogP contribution in [0.1, 0.15) is 64.8 Å². The number of hydrogen-bond donors (Lipinski definition) is 2. The first-order valence-corrected chi connectivity index (χ1v) is 9.42. The van der Waals surface area contributed by atoms with E-state index in [1.54, 1.807) is 23.6 Å². The average Bonchev–Trinajstić information content (AvgIpc) is 3.12. The van der Waals surface area contributed by atoms with Gasteiger partial charge in [-0.3, -0.25) is 4.79 Å². The highest BCUT2D eigenvalue weighted by atomic mass is 32.1. The Morgan fingerprint density at radius 2 is 2.04 bits per heavy atom. The van der Waals surface area contributed by atoms with E-state index >= 15 is 0 Å². The molecule has 126 valence electrons. The van der Waals surface area contributed by atoms with Crippen molar-refractivity contribution in [3.8, 4) is 0 Å². The maximum absolute atomic E-state index is 12.4. The number of carbonyl (C=O) groups excluding carboxylic acids is 1. The first-order chi connectivity index (χ1) is 11.8. The van der Waals surface area contributed by atoms with Gasteiger partial charge in [0.2, 0.25) is 0 Å². The number of carbonyl (C=O) groups is 1. The Morgan fingerprint density at radius 3 is 2.83 bits per heavy atom. The summed E-state index contributed by atoms with van der Waals surface area (Å²) in [7, 11) is 0. The van der Waals surface area contributed by atoms with Gasteiger partial charge in [0.15, 0.2) is 0 Å². The van der Waals surface area contributed by atoms with Crippen LogP contribution in [0.15, 0.2) is 18.3 Å². The highest BCUT2D eigenvalue weighted by Gasteiger charge is 2.27. The van der Waals surface area contributed by atoms with Crippen molar-refractivity contribution in [1.82, 2.24) is 20.5 Å². The third-order valence-electron chi connectivity index (χ3n) is 4.54. The van der Waals surface area contributed by atoms with Crippen molar-refractivity contribution in [2.24, 2.45) is 0 Å². The molecule has 0 spiro atoms. The minimum atomic E-state index is -0.102. The second kappa shape index (κ2) is 6.84. The molecular weight excluding hydrogens is 322 g/mol. The Bertz CT molecular complexity index is 721. The number of nitrogens with zero attached hydrogens (tertiary/aromatic N) is 3. The molecular formula is C17H21N5OS. The lowest BCUT2D eigenvalue weighted by molar-refractivity contribution is 0.0950. The van der Waals surface area contributed by atoms with E-state index in [0.29, 0.717) is 24.1 Å². The fourth-order valence-corrected chi connectivity index (χ4v) is 3.97. The summed E-state index contributed by atoms with van der Waals surface area (Å²) in [6, 6.07) is 4.05. The highest BCUT2D eigenvalue weighted by Crippen LogP contribution is 2.41. The van der Waals surface area contributed by atoms with Crippen LogP contribution in [0.3, 0.4) is 0 Å². The molecule has 0 unspecified atom stereocenters. The summed E-state index contributed by atoms with van der Waals surface area (Å²) in [5.74, 6) is 1.29. The molecule has 2 saturated carbocycles. The van der Waals surface area contributed by atoms with Crippen LogP contribution in [0.4, 0.5) is 5.82 Å². The number of pyridine rings is 1. The van der Waals surface area contributed by atoms with Gasteiger partial charge in [-0.05, 0) is 37.8 Å². The quantitative estimate of drug-likeness (QED) is 0.842. The maximum Gasteiger partial charge on any atom is 0.251 e. The Hall–Kier alpha value is -2.02. The van der Waals surface area contributed by atoms with Gasteiger partial charge in [0.25, 0.3) is 5.91 Å². The molecule has 2 aromatic rings. The van der Waals surface area contributed by atoms with E-state index in [-0.39, 0.29) is 5.91 Å². The van der Waals surface area contributed by atoms with E-state index in [4.69, 9.17) is 0 Å². The molecule has 0 aromatic carbocycles. The van der Waals surface area contributed by atoms with Crippen LogP contribution in [0.2, 0.25) is 0 Å². The van der Waals surface area contributed by atoms with Gasteiger partial charge in [-0.1, -0.05) is 24.2 Å². The Balaban J connectivity index is 1.34. The molecule has 0 bridgehead atoms. The molecule has 2 aliphatic carbocycles. The summed E-state index contributed by atoms with van der Waals surface area (Å²) >= 11 is 1.60. The number of rotatable bonds is 6. The van der Waals surface area contributed by atoms with Crippen molar-refractivity contribution >= 4 is 23.1 Å². The summed E-state index contributed by atoms with van der Waals surface area (Å²) < 4.78 is 0. The number of nitrogens with one attached hydrogen (secondary N) is 2. The number of anilines is 1. The van der Waals surface area contributed by atoms with Gasteiger partial charge in [-0.25, -0.2) is 4.98 Å². The van der Waals surface area contributed by atoms with Crippen LogP contribution in [0.5, 0.6) is 0 Å². The lowest BCUT2D eigenvalue weighted by Crippen LogP contribution is -2.23. The smallest absolute Gasteiger partial charge is 0.251 e. The van der Waals surface area contributed by atoms with E-state index in [9.17, 15) is 4.79 Å². The molecule has 2 aromatic heterocycles. The predicted molar refractivity (Wildman–Crippen MR) is 93.2 cm³/mol. The lowest BCUT2D eigenvalue weighted by Gasteiger charge is -2.13. The molecule has 4 rings (SSSR count). The molecule has 2 aliphatic rings. The number of amides is 1. The number of hydrogen-bond acceptors (Lipinski definition) is 6. The van der Waals surface area contributed by atoms with Crippen molar-refractivity contribution in [2.45, 2.75) is 57.0 Å². The highest BCUT2D eigenvalue weighted by molar-refractivity contribution is 7.11. The SMILES string of the molecule is O=C(NCc1nnc(C2CC2)s1)c1ccnc(NC2CCCC2)c1. The molecule has 0 atom stereocenters. The molecule has 24 heavy (non-hydrogen) atoms. The fourth-order valence-electron chi connectivity index (χ4n) is 3.02. The van der Waals surface area contributed by atoms with Crippen LogP contribution in [0.25, 0.3) is 0 Å². The van der Waals surface area contributed by atoms with E-state index in [2.05, 4.69) is 25.8 Å². The van der Waals surface area contributed by atoms with Crippen LogP contribution < -0.4 is 10.6 Å². The standard InChI is InChI=1S/C17H21N5OS/c23-16(19-10-15-21-22-17(24-15)11-5-6-11)12-7-8-18-14(9-12)20-13-3-1-2-4-13/h7-9,11,13H,1-6,10H2,(H,18,20)(H,19,23). The van der Waals surface area contributed by atoms with E-state index in [0.717, 1.165) is 15.8 Å². The normalized spacial score (nSPS) is 17.8. The zero-order valence-corrected chi connectivity index (χ0v) is 14.3. The second-order valence-electron chi connectivity index (χ2n) is 6.55. The monoisotopic (exact) mass is 343 g/mol. The molecule has 2 N–H and O–H groups in total. The van der Waals surface area contributed by atoms with Gasteiger partial charge in [-0.2, -0.15) is 0 Å². The Labute approximate surface area is 145 Å². The lowest BCUT2D eigenvalue weighted by atomic mass is 10.2. The van der Waals surface area contributed by atoms with Gasteiger partial charge < -0.3 is 10.6 Å². The van der Waals surface area contributed by atoms with Gasteiger partial charge in [0.05, 0.1) is 6.54 Å². The average molecular weight is 343 g/mol. The summed E-state index contributed by atoms with van der Waals surface area (Å²) in [5.41, 5.74) is 0.623. The van der Waals surface area contributed by atoms with E-state index < -0.39 is 0 Å². The van der Waals surface area contributed by atoms with Gasteiger partial charge >= 0.3 is 0 Å². The van der Waals surface area contributed by atoms with Crippen LogP contribution >= 0.6 is 11.3 Å². The number of aromatic nitrogens is 3. The van der Waals surface area contributed by atoms with Crippen molar-refractivity contribution in [3.63, 3.8) is 0 Å². The zero-order chi connectivity index (χ0) is 16.4. The third kappa shape index (κ3) is 3.72. The molecule has 0 radical (unpaired) electrons. The summed E-state index contributed by atoms with van der Waals surface area (Å²) in [4.78, 5) is 16.7. The molecule has 0 saturated heterocycles. The first kappa shape index (κ1) is 15.5. The van der Waals surface area contributed by atoms with Crippen molar-refractivity contribution in [1.29, 1.82) is 0 Å². The minimum absolute atomic E-state index is 0.102. The van der Waals surface area contributed by atoms with Gasteiger partial charge in [0.1, 0.15) is 15.8 Å². The molecule has 6 nitrogen and oxygen atoms in total. The molecule has 7 heteroatoms. The van der Waals surface area contributed by atoms with Crippen molar-refractivity contribution in [2.75, 3.05) is 5.32 Å². The van der Waals surface area contributed by atoms with Crippen molar-refractivity contribution in [3.05, 3.63) is 33.9 Å². The van der Waals surface area contributed by atoms with E-state index in [1.807, 2.05) is 6.07 Å². The van der Waals surface area contributed by atoms with Crippen LogP contribution in [-0.4, -0.2) is 27.1 Å². The van der Waals surface area contributed by atoms with Gasteiger partial charge in [0, 0.05) is 23.7 Å². The Kier molecular flexibility index (Phi) is 4.42. The molecule has 1 amide bonds. The summed E-state index contributed by atoms with van der Waals surface area (Å²) in [5, 5.41) is 16.7. The largest absolute Gasteiger partial charge is 0.367 e. The minimum Gasteiger partial charge on any atom is -0.367 e. The predicted octanol–water partition coefficient (Wildman–Crippen LogP) is 3.10. The van der Waals surface area contributed by atoms with Gasteiger partial charge in [-0.15, -0.1) is 10.2 Å². The molecule has 0 aliphatic heterocycles. The van der Waals surface area contributed by atoms with E-state index in [1.165, 1.54) is 38.5 Å². The Morgan fingerprint density at radius 1 is 1.21 bits per heavy atom. The second-order valence-corrected chi connectivity index (χ2v) is 7.64. The molecule has 2 fully saturated rings. The van der Waals surface area contributed by atoms with Crippen LogP contribution in [0, 0.1) is 0 Å². The topological polar surface area (TPSA) is 79.8 Å². The third-order valence-corrected chi connectivity index (χ3v) is 5.62. The maximum atomic E-state index is 12.4.